The van der Waals surface area contributed by atoms with Gasteiger partial charge in [-0.15, -0.1) is 0 Å². The molecule has 1 aliphatic rings. The van der Waals surface area contributed by atoms with Crippen LogP contribution in [-0.2, 0) is 12.8 Å². The third-order valence-electron chi connectivity index (χ3n) is 2.09. The third kappa shape index (κ3) is 1.09. The fourth-order valence-corrected chi connectivity index (χ4v) is 2.52. The molecule has 0 nitrogen and oxygen atoms in total. The second kappa shape index (κ2) is 2.72. The summed E-state index contributed by atoms with van der Waals surface area (Å²) >= 11 is 0. The number of hydrogen-bond donors (Lipinski definition) is 0. The van der Waals surface area contributed by atoms with Crippen LogP contribution < -0.4 is 0 Å². The van der Waals surface area contributed by atoms with Crippen LogP contribution in [0.4, 0.5) is 0 Å². The minimum atomic E-state index is 1.33. The van der Waals surface area contributed by atoms with Gasteiger partial charge < -0.3 is 0 Å². The van der Waals surface area contributed by atoms with Gasteiger partial charge in [0.1, 0.15) is 0 Å². The van der Waals surface area contributed by atoms with Gasteiger partial charge in [0.15, 0.2) is 0 Å². The van der Waals surface area contributed by atoms with E-state index in [4.69, 9.17) is 0 Å². The minimum absolute atomic E-state index is 1.33. The van der Waals surface area contributed by atoms with E-state index in [1.807, 2.05) is 0 Å². The third-order valence-corrected chi connectivity index (χ3v) is 3.24. The molecule has 1 aromatic heterocycles. The predicted octanol–water partition coefficient (Wildman–Crippen LogP) is 3.15. The van der Waals surface area contributed by atoms with Crippen molar-refractivity contribution in [1.82, 2.24) is 0 Å². The largest absolute Gasteiger partial charge is 0.0726 e. The van der Waals surface area contributed by atoms with E-state index in [-0.39, 0.29) is 0 Å². The fourth-order valence-electron chi connectivity index (χ4n) is 1.53. The normalized spacial score (nSPS) is 17.2. The Morgan fingerprint density at radius 3 is 3.00 bits per heavy atom. The summed E-state index contributed by atoms with van der Waals surface area (Å²) in [6.07, 6.45) is 5.48. The standard InChI is InChI=1S/C9H11P/c1-2-6-9-8(4-1)5-3-7-10-9/h3,5,7H,1-2,4,6H2. The van der Waals surface area contributed by atoms with Gasteiger partial charge in [0, 0.05) is 0 Å². The average molecular weight is 150 g/mol. The molecule has 2 rings (SSSR count). The average Bonchev–Trinajstić information content (AvgIpc) is 2.05. The summed E-state index contributed by atoms with van der Waals surface area (Å²) in [4.78, 5) is 0. The number of rotatable bonds is 0. The highest BCUT2D eigenvalue weighted by Crippen LogP contribution is 2.26. The SMILES string of the molecule is c1cpc2c(c1)CCCC2. The first-order chi connectivity index (χ1) is 4.97. The Hall–Kier alpha value is -0.350. The van der Waals surface area contributed by atoms with Gasteiger partial charge in [-0.2, -0.15) is 0 Å². The van der Waals surface area contributed by atoms with Crippen molar-refractivity contribution >= 4 is 8.19 Å². The first kappa shape index (κ1) is 6.37. The van der Waals surface area contributed by atoms with E-state index in [9.17, 15) is 0 Å². The first-order valence-corrected chi connectivity index (χ1v) is 4.86. The molecule has 0 atom stereocenters. The van der Waals surface area contributed by atoms with E-state index in [1.165, 1.54) is 33.9 Å². The molecule has 0 saturated carbocycles. The maximum absolute atomic E-state index is 2.28. The number of aryl methyl sites for hydroxylation is 2. The lowest BCUT2D eigenvalue weighted by Crippen LogP contribution is -1.98. The van der Waals surface area contributed by atoms with Gasteiger partial charge in [0.2, 0.25) is 0 Å². The summed E-state index contributed by atoms with van der Waals surface area (Å²) in [7, 11) is 1.46. The molecule has 1 heterocycles. The summed E-state index contributed by atoms with van der Waals surface area (Å²) in [5.41, 5.74) is 1.62. The molecule has 52 valence electrons. The van der Waals surface area contributed by atoms with Crippen LogP contribution in [0.15, 0.2) is 17.9 Å². The Morgan fingerprint density at radius 1 is 1.20 bits per heavy atom. The fraction of sp³-hybridized carbons (Fsp3) is 0.444. The zero-order chi connectivity index (χ0) is 6.81. The molecular weight excluding hydrogens is 139 g/mol. The van der Waals surface area contributed by atoms with Gasteiger partial charge in [0.25, 0.3) is 0 Å². The number of fused-ring (bicyclic) bond motifs is 1. The van der Waals surface area contributed by atoms with Crippen molar-refractivity contribution in [3.05, 3.63) is 28.8 Å². The molecule has 1 aromatic rings. The van der Waals surface area contributed by atoms with Crippen LogP contribution in [0.3, 0.4) is 0 Å². The highest BCUT2D eigenvalue weighted by atomic mass is 31.0. The molecule has 0 radical (unpaired) electrons. The summed E-state index contributed by atoms with van der Waals surface area (Å²) in [6.45, 7) is 0. The Balaban J connectivity index is 2.41. The van der Waals surface area contributed by atoms with Crippen molar-refractivity contribution in [2.75, 3.05) is 0 Å². The molecule has 0 amide bonds. The van der Waals surface area contributed by atoms with E-state index in [1.54, 1.807) is 10.9 Å². The number of hydrogen-bond acceptors (Lipinski definition) is 0. The maximum Gasteiger partial charge on any atom is -0.0174 e. The van der Waals surface area contributed by atoms with E-state index in [0.717, 1.165) is 0 Å². The van der Waals surface area contributed by atoms with Gasteiger partial charge in [-0.1, -0.05) is 20.3 Å². The van der Waals surface area contributed by atoms with Crippen LogP contribution in [0.5, 0.6) is 0 Å². The molecule has 0 N–H and O–H groups in total. The minimum Gasteiger partial charge on any atom is -0.0726 e. The van der Waals surface area contributed by atoms with Crippen molar-refractivity contribution in [3.8, 4) is 0 Å². The molecule has 0 aromatic carbocycles. The molecular formula is C9H11P. The highest BCUT2D eigenvalue weighted by molar-refractivity contribution is 7.30. The molecule has 0 aliphatic heterocycles. The summed E-state index contributed by atoms with van der Waals surface area (Å²) < 4.78 is 0. The summed E-state index contributed by atoms with van der Waals surface area (Å²) in [5.74, 6) is 2.24. The molecule has 0 spiro atoms. The van der Waals surface area contributed by atoms with Crippen LogP contribution in [-0.4, -0.2) is 0 Å². The van der Waals surface area contributed by atoms with Gasteiger partial charge in [-0.25, -0.2) is 0 Å². The zero-order valence-corrected chi connectivity index (χ0v) is 6.90. The Bertz CT molecular complexity index is 205. The topological polar surface area (TPSA) is 0 Å². The Morgan fingerprint density at radius 2 is 2.10 bits per heavy atom. The second-order valence-corrected chi connectivity index (χ2v) is 3.91. The molecule has 0 unspecified atom stereocenters. The van der Waals surface area contributed by atoms with Crippen molar-refractivity contribution < 1.29 is 0 Å². The smallest absolute Gasteiger partial charge is 0.0174 e. The lowest BCUT2D eigenvalue weighted by atomic mass is 9.99. The summed E-state index contributed by atoms with van der Waals surface area (Å²) in [6, 6.07) is 4.47. The van der Waals surface area contributed by atoms with Gasteiger partial charge in [0.05, 0.1) is 0 Å². The molecule has 1 aliphatic carbocycles. The lowest BCUT2D eigenvalue weighted by Gasteiger charge is -2.13. The van der Waals surface area contributed by atoms with Crippen LogP contribution >= 0.6 is 8.19 Å². The monoisotopic (exact) mass is 150 g/mol. The molecule has 1 heteroatoms. The molecule has 0 fully saturated rings. The maximum atomic E-state index is 2.28. The Kier molecular flexibility index (Phi) is 1.73. The van der Waals surface area contributed by atoms with Crippen LogP contribution in [0, 0.1) is 0 Å². The van der Waals surface area contributed by atoms with E-state index >= 15 is 0 Å². The van der Waals surface area contributed by atoms with E-state index in [2.05, 4.69) is 17.9 Å². The molecule has 10 heavy (non-hydrogen) atoms. The van der Waals surface area contributed by atoms with Crippen molar-refractivity contribution in [1.29, 1.82) is 0 Å². The van der Waals surface area contributed by atoms with Gasteiger partial charge >= 0.3 is 0 Å². The van der Waals surface area contributed by atoms with E-state index < -0.39 is 0 Å². The van der Waals surface area contributed by atoms with E-state index in [0.29, 0.717) is 0 Å². The van der Waals surface area contributed by atoms with Gasteiger partial charge in [-0.3, -0.25) is 0 Å². The Labute approximate surface area is 63.4 Å². The second-order valence-electron chi connectivity index (χ2n) is 2.82. The van der Waals surface area contributed by atoms with Crippen LogP contribution in [0.1, 0.15) is 23.7 Å². The molecule has 0 bridgehead atoms. The van der Waals surface area contributed by atoms with Crippen molar-refractivity contribution in [2.24, 2.45) is 0 Å². The lowest BCUT2D eigenvalue weighted by molar-refractivity contribution is 0.695. The van der Waals surface area contributed by atoms with Crippen molar-refractivity contribution in [3.63, 3.8) is 0 Å². The van der Waals surface area contributed by atoms with Crippen molar-refractivity contribution in [2.45, 2.75) is 25.7 Å². The first-order valence-electron chi connectivity index (χ1n) is 3.89. The molecule has 0 saturated heterocycles. The summed E-state index contributed by atoms with van der Waals surface area (Å²) in [5, 5.41) is 1.67. The quantitative estimate of drug-likeness (QED) is 0.533. The van der Waals surface area contributed by atoms with Crippen LogP contribution in [0.25, 0.3) is 0 Å². The highest BCUT2D eigenvalue weighted by Gasteiger charge is 2.06. The predicted molar refractivity (Wildman–Crippen MR) is 45.6 cm³/mol. The zero-order valence-electron chi connectivity index (χ0n) is 6.01. The van der Waals surface area contributed by atoms with Crippen LogP contribution in [0.2, 0.25) is 0 Å². The van der Waals surface area contributed by atoms with Gasteiger partial charge in [-0.05, 0) is 42.3 Å².